The lowest BCUT2D eigenvalue weighted by Crippen LogP contribution is -2.43. The minimum atomic E-state index is 0.562. The summed E-state index contributed by atoms with van der Waals surface area (Å²) in [6.45, 7) is 3.62. The predicted molar refractivity (Wildman–Crippen MR) is 78.8 cm³/mol. The summed E-state index contributed by atoms with van der Waals surface area (Å²) in [4.78, 5) is 0. The molecule has 0 aromatic rings. The molecule has 0 radical (unpaired) electrons. The molecule has 1 nitrogen and oxygen atoms in total. The molecule has 0 aromatic carbocycles. The number of nitrogens with one attached hydrogen (secondary N) is 1. The molecule has 2 heteroatoms. The average Bonchev–Trinajstić information content (AvgIpc) is 2.32. The lowest BCUT2D eigenvalue weighted by Gasteiger charge is -2.37. The Labute approximate surface area is 112 Å². The van der Waals surface area contributed by atoms with Crippen LogP contribution in [0.4, 0.5) is 0 Å². The van der Waals surface area contributed by atoms with Crippen LogP contribution < -0.4 is 5.32 Å². The highest BCUT2D eigenvalue weighted by molar-refractivity contribution is 8.00. The molecule has 0 aromatic heterocycles. The van der Waals surface area contributed by atoms with Crippen LogP contribution in [0.5, 0.6) is 0 Å². The van der Waals surface area contributed by atoms with Crippen LogP contribution in [0.15, 0.2) is 0 Å². The van der Waals surface area contributed by atoms with Gasteiger partial charge in [0.15, 0.2) is 0 Å². The predicted octanol–water partition coefficient (Wildman–Crippen LogP) is 4.22. The maximum absolute atomic E-state index is 3.82. The number of hydrogen-bond donors (Lipinski definition) is 1. The summed E-state index contributed by atoms with van der Waals surface area (Å²) in [5.74, 6) is 1.04. The Hall–Kier alpha value is 0.310. The van der Waals surface area contributed by atoms with Crippen molar-refractivity contribution < 1.29 is 0 Å². The van der Waals surface area contributed by atoms with Crippen LogP contribution >= 0.6 is 11.8 Å². The molecular formula is C15H29NS. The molecule has 2 saturated carbocycles. The number of rotatable bonds is 6. The van der Waals surface area contributed by atoms with Gasteiger partial charge in [0, 0.05) is 17.3 Å². The van der Waals surface area contributed by atoms with Gasteiger partial charge in [-0.3, -0.25) is 0 Å². The third-order valence-corrected chi connectivity index (χ3v) is 6.30. The third-order valence-electron chi connectivity index (χ3n) is 4.88. The van der Waals surface area contributed by atoms with Gasteiger partial charge in [-0.2, -0.15) is 11.8 Å². The van der Waals surface area contributed by atoms with E-state index < -0.39 is 0 Å². The van der Waals surface area contributed by atoms with E-state index in [2.05, 4.69) is 30.3 Å². The summed E-state index contributed by atoms with van der Waals surface area (Å²) in [5, 5.41) is 3.82. The van der Waals surface area contributed by atoms with Crippen molar-refractivity contribution in [1.82, 2.24) is 5.32 Å². The fourth-order valence-corrected chi connectivity index (χ4v) is 4.25. The van der Waals surface area contributed by atoms with E-state index in [-0.39, 0.29) is 0 Å². The molecule has 2 aliphatic carbocycles. The summed E-state index contributed by atoms with van der Waals surface area (Å²) in [7, 11) is 0. The van der Waals surface area contributed by atoms with Crippen molar-refractivity contribution in [2.75, 3.05) is 12.8 Å². The highest BCUT2D eigenvalue weighted by atomic mass is 32.2. The standard InChI is InChI=1S/C15H29NS/c1-13(11-14-7-6-8-14)16-12-15(17-2)9-4-3-5-10-15/h13-14,16H,3-12H2,1-2H3. The molecule has 1 N–H and O–H groups in total. The van der Waals surface area contributed by atoms with Crippen molar-refractivity contribution in [3.8, 4) is 0 Å². The Morgan fingerprint density at radius 1 is 1.18 bits per heavy atom. The molecule has 0 amide bonds. The highest BCUT2D eigenvalue weighted by Gasteiger charge is 2.31. The molecule has 1 atom stereocenters. The third kappa shape index (κ3) is 3.89. The monoisotopic (exact) mass is 255 g/mol. The Balaban J connectivity index is 1.70. The molecule has 2 fully saturated rings. The van der Waals surface area contributed by atoms with E-state index in [1.54, 1.807) is 0 Å². The lowest BCUT2D eigenvalue weighted by atomic mass is 9.81. The van der Waals surface area contributed by atoms with Gasteiger partial charge in [0.2, 0.25) is 0 Å². The number of thioether (sulfide) groups is 1. The van der Waals surface area contributed by atoms with Crippen LogP contribution in [0.1, 0.15) is 64.7 Å². The maximum Gasteiger partial charge on any atom is 0.0281 e. The van der Waals surface area contributed by atoms with Crippen LogP contribution in [-0.2, 0) is 0 Å². The van der Waals surface area contributed by atoms with Crippen molar-refractivity contribution in [3.05, 3.63) is 0 Å². The summed E-state index contributed by atoms with van der Waals surface area (Å²) in [6, 6.07) is 0.728. The van der Waals surface area contributed by atoms with Crippen LogP contribution in [0.3, 0.4) is 0 Å². The quantitative estimate of drug-likeness (QED) is 0.762. The van der Waals surface area contributed by atoms with Gasteiger partial charge in [-0.05, 0) is 38.4 Å². The molecule has 17 heavy (non-hydrogen) atoms. The summed E-state index contributed by atoms with van der Waals surface area (Å²) in [6.07, 6.45) is 15.4. The van der Waals surface area contributed by atoms with Gasteiger partial charge in [0.25, 0.3) is 0 Å². The molecule has 1 unspecified atom stereocenters. The zero-order valence-electron chi connectivity index (χ0n) is 11.6. The second kappa shape index (κ2) is 6.47. The summed E-state index contributed by atoms with van der Waals surface area (Å²) in [5.41, 5.74) is 0. The van der Waals surface area contributed by atoms with Gasteiger partial charge >= 0.3 is 0 Å². The number of hydrogen-bond acceptors (Lipinski definition) is 2. The van der Waals surface area contributed by atoms with Gasteiger partial charge in [-0.15, -0.1) is 0 Å². The first-order chi connectivity index (χ1) is 8.24. The lowest BCUT2D eigenvalue weighted by molar-refractivity contribution is 0.259. The Morgan fingerprint density at radius 3 is 2.41 bits per heavy atom. The molecule has 100 valence electrons. The van der Waals surface area contributed by atoms with Crippen molar-refractivity contribution in [2.45, 2.75) is 75.5 Å². The van der Waals surface area contributed by atoms with Gasteiger partial charge in [-0.25, -0.2) is 0 Å². The largest absolute Gasteiger partial charge is 0.313 e. The fraction of sp³-hybridized carbons (Fsp3) is 1.00. The van der Waals surface area contributed by atoms with Gasteiger partial charge in [0.1, 0.15) is 0 Å². The van der Waals surface area contributed by atoms with E-state index in [1.807, 2.05) is 0 Å². The van der Waals surface area contributed by atoms with Crippen molar-refractivity contribution in [1.29, 1.82) is 0 Å². The van der Waals surface area contributed by atoms with Crippen molar-refractivity contribution in [3.63, 3.8) is 0 Å². The first kappa shape index (κ1) is 13.7. The normalized spacial score (nSPS) is 26.5. The topological polar surface area (TPSA) is 12.0 Å². The molecular weight excluding hydrogens is 226 g/mol. The first-order valence-corrected chi connectivity index (χ1v) is 8.75. The van der Waals surface area contributed by atoms with Crippen LogP contribution in [0, 0.1) is 5.92 Å². The first-order valence-electron chi connectivity index (χ1n) is 7.53. The van der Waals surface area contributed by atoms with E-state index in [0.29, 0.717) is 4.75 Å². The SMILES string of the molecule is CSC1(CNC(C)CC2CCC2)CCCCC1. The van der Waals surface area contributed by atoms with Crippen molar-refractivity contribution in [2.24, 2.45) is 5.92 Å². The molecule has 0 spiro atoms. The van der Waals surface area contributed by atoms with Crippen LogP contribution in [-0.4, -0.2) is 23.6 Å². The molecule has 2 aliphatic rings. The maximum atomic E-state index is 3.82. The summed E-state index contributed by atoms with van der Waals surface area (Å²) < 4.78 is 0.562. The van der Waals surface area contributed by atoms with E-state index >= 15 is 0 Å². The van der Waals surface area contributed by atoms with E-state index in [1.165, 1.54) is 64.3 Å². The van der Waals surface area contributed by atoms with Gasteiger partial charge in [0.05, 0.1) is 0 Å². The Kier molecular flexibility index (Phi) is 5.23. The van der Waals surface area contributed by atoms with E-state index in [0.717, 1.165) is 12.0 Å². The van der Waals surface area contributed by atoms with Crippen LogP contribution in [0.2, 0.25) is 0 Å². The minimum Gasteiger partial charge on any atom is -0.313 e. The smallest absolute Gasteiger partial charge is 0.0281 e. The summed E-state index contributed by atoms with van der Waals surface area (Å²) >= 11 is 2.11. The molecule has 2 rings (SSSR count). The molecule has 0 saturated heterocycles. The highest BCUT2D eigenvalue weighted by Crippen LogP contribution is 2.38. The fourth-order valence-electron chi connectivity index (χ4n) is 3.32. The second-order valence-electron chi connectivity index (χ2n) is 6.26. The van der Waals surface area contributed by atoms with Gasteiger partial charge in [-0.1, -0.05) is 38.5 Å². The van der Waals surface area contributed by atoms with Gasteiger partial charge < -0.3 is 5.32 Å². The van der Waals surface area contributed by atoms with Crippen molar-refractivity contribution >= 4 is 11.8 Å². The minimum absolute atomic E-state index is 0.562. The zero-order chi connectivity index (χ0) is 12.1. The Bertz CT molecular complexity index is 219. The van der Waals surface area contributed by atoms with E-state index in [4.69, 9.17) is 0 Å². The second-order valence-corrected chi connectivity index (χ2v) is 7.54. The average molecular weight is 255 g/mol. The molecule has 0 aliphatic heterocycles. The molecule has 0 bridgehead atoms. The zero-order valence-corrected chi connectivity index (χ0v) is 12.5. The Morgan fingerprint density at radius 2 is 1.88 bits per heavy atom. The van der Waals surface area contributed by atoms with Crippen LogP contribution in [0.25, 0.3) is 0 Å². The molecule has 0 heterocycles. The van der Waals surface area contributed by atoms with E-state index in [9.17, 15) is 0 Å².